The van der Waals surface area contributed by atoms with E-state index in [-0.39, 0.29) is 0 Å². The van der Waals surface area contributed by atoms with Gasteiger partial charge in [-0.25, -0.2) is 9.59 Å². The van der Waals surface area contributed by atoms with E-state index in [1.54, 1.807) is 0 Å². The molecule has 9 atom stereocenters. The van der Waals surface area contributed by atoms with Gasteiger partial charge < -0.3 is 52.1 Å². The number of hydrogen-bond donors (Lipinski definition) is 0. The topological polar surface area (TPSA) is 221 Å². The van der Waals surface area contributed by atoms with E-state index in [4.69, 9.17) is 52.1 Å². The van der Waals surface area contributed by atoms with E-state index in [9.17, 15) is 33.6 Å². The summed E-state index contributed by atoms with van der Waals surface area (Å²) in [6, 6.07) is 0. The Hall–Kier alpha value is -3.87. The third-order valence-electron chi connectivity index (χ3n) is 5.99. The minimum atomic E-state index is -2.42. The largest absolute Gasteiger partial charge is 0.467 e. The van der Waals surface area contributed by atoms with Crippen molar-refractivity contribution in [3.63, 3.8) is 0 Å². The molecule has 18 heteroatoms. The van der Waals surface area contributed by atoms with Crippen LogP contribution in [0.3, 0.4) is 0 Å². The maximum absolute atomic E-state index is 12.8. The lowest BCUT2D eigenvalue weighted by Gasteiger charge is -2.43. The van der Waals surface area contributed by atoms with E-state index in [2.05, 4.69) is 0 Å². The molecule has 18 nitrogen and oxygen atoms in total. The van der Waals surface area contributed by atoms with Crippen molar-refractivity contribution in [3.05, 3.63) is 0 Å². The van der Waals surface area contributed by atoms with Crippen molar-refractivity contribution < 1.29 is 85.7 Å². The van der Waals surface area contributed by atoms with E-state index < -0.39 is 103 Å². The molecule has 0 bridgehead atoms. The summed E-state index contributed by atoms with van der Waals surface area (Å²) in [5, 5.41) is 0. The molecule has 0 aromatic carbocycles. The Morgan fingerprint density at radius 1 is 0.628 bits per heavy atom. The third-order valence-corrected chi connectivity index (χ3v) is 5.99. The lowest BCUT2D eigenvalue weighted by atomic mass is 9.97. The molecule has 0 radical (unpaired) electrons. The van der Waals surface area contributed by atoms with Crippen molar-refractivity contribution in [1.29, 1.82) is 0 Å². The van der Waals surface area contributed by atoms with Crippen LogP contribution in [-0.4, -0.2) is 125 Å². The minimum absolute atomic E-state index is 0.681. The van der Waals surface area contributed by atoms with Gasteiger partial charge in [-0.05, 0) is 0 Å². The number of carbonyl (C=O) groups is 7. The zero-order valence-electron chi connectivity index (χ0n) is 24.7. The zero-order chi connectivity index (χ0) is 32.6. The number of ether oxygens (including phenoxy) is 11. The van der Waals surface area contributed by atoms with Crippen molar-refractivity contribution in [2.75, 3.05) is 27.9 Å². The fourth-order valence-electron chi connectivity index (χ4n) is 4.51. The third kappa shape index (κ3) is 8.37. The van der Waals surface area contributed by atoms with Crippen molar-refractivity contribution in [3.8, 4) is 0 Å². The molecule has 0 unspecified atom stereocenters. The molecule has 0 amide bonds. The van der Waals surface area contributed by atoms with Crippen LogP contribution in [0.4, 0.5) is 0 Å². The van der Waals surface area contributed by atoms with Crippen LogP contribution in [0.1, 0.15) is 34.6 Å². The molecule has 2 saturated heterocycles. The summed E-state index contributed by atoms with van der Waals surface area (Å²) in [4.78, 5) is 85.2. The molecule has 0 aromatic rings. The zero-order valence-corrected chi connectivity index (χ0v) is 24.7. The second-order valence-corrected chi connectivity index (χ2v) is 9.13. The standard InChI is InChI=1S/C25H34O18/c1-10(26)37-16-15(43-25(35-8,24(32)34-7)21(16)41-14(5)30)9-36-23-20(40-13(4)29)18(39-12(3)28)17(38-11(2)27)19(42-23)22(31)33-6/h15-21,23H,9H2,1-8H3/t15-,16-,17+,18+,19+,20-,21+,23+,25+/m1/s1. The van der Waals surface area contributed by atoms with Crippen molar-refractivity contribution in [2.24, 2.45) is 0 Å². The molecule has 0 aromatic heterocycles. The van der Waals surface area contributed by atoms with Gasteiger partial charge in [-0.1, -0.05) is 0 Å². The average Bonchev–Trinajstić information content (AvgIpc) is 3.20. The maximum atomic E-state index is 12.8. The number of rotatable bonds is 11. The summed E-state index contributed by atoms with van der Waals surface area (Å²) < 4.78 is 58.2. The highest BCUT2D eigenvalue weighted by Gasteiger charge is 2.66. The van der Waals surface area contributed by atoms with Gasteiger partial charge in [0.05, 0.1) is 20.8 Å². The molecule has 2 fully saturated rings. The Labute approximate surface area is 245 Å². The van der Waals surface area contributed by atoms with Gasteiger partial charge in [0.2, 0.25) is 6.10 Å². The molecule has 2 rings (SSSR count). The van der Waals surface area contributed by atoms with Gasteiger partial charge in [0.25, 0.3) is 0 Å². The van der Waals surface area contributed by atoms with Crippen LogP contribution in [0, 0.1) is 0 Å². The molecule has 2 heterocycles. The number of methoxy groups -OCH3 is 3. The Morgan fingerprint density at radius 3 is 1.58 bits per heavy atom. The first kappa shape index (κ1) is 35.3. The van der Waals surface area contributed by atoms with Crippen LogP contribution in [0.15, 0.2) is 0 Å². The van der Waals surface area contributed by atoms with E-state index >= 15 is 0 Å². The van der Waals surface area contributed by atoms with Gasteiger partial charge in [-0.3, -0.25) is 24.0 Å². The fourth-order valence-corrected chi connectivity index (χ4v) is 4.51. The van der Waals surface area contributed by atoms with E-state index in [1.807, 2.05) is 0 Å². The summed E-state index contributed by atoms with van der Waals surface area (Å²) in [6.07, 6.45) is -13.2. The SMILES string of the molecule is COC(=O)[C@H]1O[C@H](OC[C@H]2O[C@](OC)(C(=O)OC)[C@@H](OC(C)=O)[C@@H]2OC(C)=O)[C@H](OC(C)=O)[C@@H](OC(C)=O)[C@@H]1OC(C)=O. The number of carbonyl (C=O) groups excluding carboxylic acids is 7. The number of esters is 7. The highest BCUT2D eigenvalue weighted by atomic mass is 16.8. The highest BCUT2D eigenvalue weighted by molar-refractivity contribution is 5.80. The summed E-state index contributed by atoms with van der Waals surface area (Å²) in [5.41, 5.74) is 0. The summed E-state index contributed by atoms with van der Waals surface area (Å²) in [6.45, 7) is 4.41. The molecule has 0 N–H and O–H groups in total. The second kappa shape index (κ2) is 15.0. The maximum Gasteiger partial charge on any atom is 0.370 e. The normalized spacial score (nSPS) is 31.6. The molecule has 242 valence electrons. The Morgan fingerprint density at radius 2 is 1.12 bits per heavy atom. The number of hydrogen-bond acceptors (Lipinski definition) is 18. The van der Waals surface area contributed by atoms with Gasteiger partial charge in [0.15, 0.2) is 36.8 Å². The van der Waals surface area contributed by atoms with Crippen molar-refractivity contribution in [1.82, 2.24) is 0 Å². The summed E-state index contributed by atoms with van der Waals surface area (Å²) in [5.74, 6) is -9.15. The van der Waals surface area contributed by atoms with Gasteiger partial charge in [0, 0.05) is 41.7 Å². The first-order valence-corrected chi connectivity index (χ1v) is 12.6. The fraction of sp³-hybridized carbons (Fsp3) is 0.720. The Balaban J connectivity index is 2.54. The molecule has 2 aliphatic heterocycles. The summed E-state index contributed by atoms with van der Waals surface area (Å²) >= 11 is 0. The quantitative estimate of drug-likeness (QED) is 0.188. The smallest absolute Gasteiger partial charge is 0.370 e. The van der Waals surface area contributed by atoms with Crippen molar-refractivity contribution >= 4 is 41.8 Å². The first-order chi connectivity index (χ1) is 20.1. The Kier molecular flexibility index (Phi) is 12.4. The van der Waals surface area contributed by atoms with Gasteiger partial charge >= 0.3 is 47.6 Å². The van der Waals surface area contributed by atoms with E-state index in [0.29, 0.717) is 0 Å². The minimum Gasteiger partial charge on any atom is -0.467 e. The summed E-state index contributed by atoms with van der Waals surface area (Å²) in [7, 11) is 3.05. The van der Waals surface area contributed by atoms with Crippen LogP contribution < -0.4 is 0 Å². The lowest BCUT2D eigenvalue weighted by Crippen LogP contribution is -2.64. The van der Waals surface area contributed by atoms with Crippen LogP contribution >= 0.6 is 0 Å². The van der Waals surface area contributed by atoms with Crippen LogP contribution in [0.25, 0.3) is 0 Å². The molecule has 43 heavy (non-hydrogen) atoms. The Bertz CT molecular complexity index is 1090. The van der Waals surface area contributed by atoms with Crippen molar-refractivity contribution in [2.45, 2.75) is 89.4 Å². The van der Waals surface area contributed by atoms with E-state index in [0.717, 1.165) is 55.9 Å². The molecular weight excluding hydrogens is 588 g/mol. The van der Waals surface area contributed by atoms with Crippen LogP contribution in [-0.2, 0) is 85.7 Å². The van der Waals surface area contributed by atoms with Crippen LogP contribution in [0.2, 0.25) is 0 Å². The first-order valence-electron chi connectivity index (χ1n) is 12.6. The lowest BCUT2D eigenvalue weighted by molar-refractivity contribution is -0.309. The molecule has 0 spiro atoms. The second-order valence-electron chi connectivity index (χ2n) is 9.13. The monoisotopic (exact) mass is 622 g/mol. The van der Waals surface area contributed by atoms with E-state index in [1.165, 1.54) is 0 Å². The van der Waals surface area contributed by atoms with Gasteiger partial charge in [-0.15, -0.1) is 0 Å². The van der Waals surface area contributed by atoms with Gasteiger partial charge in [-0.2, -0.15) is 0 Å². The molecule has 0 aliphatic carbocycles. The highest BCUT2D eigenvalue weighted by Crippen LogP contribution is 2.38. The molecule has 0 saturated carbocycles. The molecular formula is C25H34O18. The van der Waals surface area contributed by atoms with Gasteiger partial charge in [0.1, 0.15) is 6.10 Å². The predicted molar refractivity (Wildman–Crippen MR) is 131 cm³/mol. The predicted octanol–water partition coefficient (Wildman–Crippen LogP) is -1.53. The van der Waals surface area contributed by atoms with Crippen LogP contribution in [0.5, 0.6) is 0 Å². The molecule has 2 aliphatic rings. The average molecular weight is 623 g/mol.